The first-order valence-electron chi connectivity index (χ1n) is 8.64. The number of carbonyl (C=O) groups excluding carboxylic acids is 1. The van der Waals surface area contributed by atoms with Crippen LogP contribution in [0.4, 0.5) is 4.79 Å². The zero-order valence-corrected chi connectivity index (χ0v) is 13.4. The Hall–Kier alpha value is -0.810. The lowest BCUT2D eigenvalue weighted by Crippen LogP contribution is -2.47. The highest BCUT2D eigenvalue weighted by Crippen LogP contribution is 2.26. The molecule has 0 aromatic carbocycles. The minimum atomic E-state index is 0.0160. The van der Waals surface area contributed by atoms with Gasteiger partial charge in [-0.1, -0.05) is 26.2 Å². The summed E-state index contributed by atoms with van der Waals surface area (Å²) in [5, 5.41) is 6.18. The Morgan fingerprint density at radius 1 is 1.24 bits per heavy atom. The van der Waals surface area contributed by atoms with Crippen molar-refractivity contribution in [3.63, 3.8) is 0 Å². The molecule has 5 nitrogen and oxygen atoms in total. The second kappa shape index (κ2) is 9.26. The van der Waals surface area contributed by atoms with Crippen LogP contribution in [0.1, 0.15) is 45.4 Å². The number of nitrogens with zero attached hydrogens (tertiary/aromatic N) is 1. The summed E-state index contributed by atoms with van der Waals surface area (Å²) in [6.45, 7) is 7.75. The molecule has 0 unspecified atom stereocenters. The number of urea groups is 1. The minimum absolute atomic E-state index is 0.0160. The number of ether oxygens (including phenoxy) is 1. The van der Waals surface area contributed by atoms with Crippen LogP contribution in [0.3, 0.4) is 0 Å². The predicted octanol–water partition coefficient (Wildman–Crippen LogP) is 1.98. The molecular weight excluding hydrogens is 266 g/mol. The van der Waals surface area contributed by atoms with Crippen LogP contribution in [-0.4, -0.2) is 56.4 Å². The maximum atomic E-state index is 12.0. The third-order valence-corrected chi connectivity index (χ3v) is 4.79. The molecule has 1 aliphatic carbocycles. The van der Waals surface area contributed by atoms with Gasteiger partial charge < -0.3 is 15.4 Å². The Morgan fingerprint density at radius 3 is 2.76 bits per heavy atom. The molecule has 21 heavy (non-hydrogen) atoms. The first-order valence-corrected chi connectivity index (χ1v) is 8.64. The number of rotatable bonds is 6. The molecule has 0 aromatic heterocycles. The van der Waals surface area contributed by atoms with Gasteiger partial charge in [0.2, 0.25) is 0 Å². The molecule has 1 saturated carbocycles. The molecule has 0 radical (unpaired) electrons. The summed E-state index contributed by atoms with van der Waals surface area (Å²) in [6.07, 6.45) is 7.14. The highest BCUT2D eigenvalue weighted by molar-refractivity contribution is 5.74. The van der Waals surface area contributed by atoms with Crippen LogP contribution in [0.15, 0.2) is 0 Å². The second-order valence-corrected chi connectivity index (χ2v) is 6.27. The van der Waals surface area contributed by atoms with Crippen LogP contribution in [0.2, 0.25) is 0 Å². The van der Waals surface area contributed by atoms with Gasteiger partial charge in [0, 0.05) is 25.7 Å². The third kappa shape index (κ3) is 5.83. The minimum Gasteiger partial charge on any atom is -0.379 e. The van der Waals surface area contributed by atoms with Gasteiger partial charge in [0.25, 0.3) is 0 Å². The van der Waals surface area contributed by atoms with Crippen LogP contribution >= 0.6 is 0 Å². The predicted molar refractivity (Wildman–Crippen MR) is 84.4 cm³/mol. The van der Waals surface area contributed by atoms with Gasteiger partial charge in [0.1, 0.15) is 0 Å². The Labute approximate surface area is 128 Å². The molecule has 2 amide bonds. The van der Waals surface area contributed by atoms with Crippen LogP contribution in [-0.2, 0) is 4.74 Å². The van der Waals surface area contributed by atoms with Crippen molar-refractivity contribution in [3.8, 4) is 0 Å². The Balaban J connectivity index is 1.56. The van der Waals surface area contributed by atoms with Gasteiger partial charge in [-0.15, -0.1) is 0 Å². The van der Waals surface area contributed by atoms with Gasteiger partial charge in [-0.3, -0.25) is 4.90 Å². The van der Waals surface area contributed by atoms with Gasteiger partial charge in [0.05, 0.1) is 13.2 Å². The van der Waals surface area contributed by atoms with Crippen molar-refractivity contribution in [1.82, 2.24) is 15.5 Å². The summed E-state index contributed by atoms with van der Waals surface area (Å²) in [7, 11) is 0. The standard InChI is InChI=1S/C16H31N3O2/c1-2-14-6-3-4-7-15(14)18-16(20)17-8-5-9-19-10-12-21-13-11-19/h14-15H,2-13H2,1H3,(H2,17,18,20)/t14-,15-/m1/s1. The molecule has 1 saturated heterocycles. The SMILES string of the molecule is CC[C@@H]1CCCC[C@H]1NC(=O)NCCCN1CCOCC1. The maximum absolute atomic E-state index is 12.0. The largest absolute Gasteiger partial charge is 0.379 e. The van der Waals surface area contributed by atoms with E-state index in [-0.39, 0.29) is 6.03 Å². The van der Waals surface area contributed by atoms with Gasteiger partial charge in [-0.05, 0) is 31.7 Å². The molecule has 5 heteroatoms. The number of hydrogen-bond donors (Lipinski definition) is 2. The molecule has 2 aliphatic rings. The molecular formula is C16H31N3O2. The van der Waals surface area contributed by atoms with Crippen molar-refractivity contribution in [2.75, 3.05) is 39.4 Å². The topological polar surface area (TPSA) is 53.6 Å². The zero-order chi connectivity index (χ0) is 14.9. The first-order chi connectivity index (χ1) is 10.3. The number of nitrogens with one attached hydrogen (secondary N) is 2. The van der Waals surface area contributed by atoms with Gasteiger partial charge in [0.15, 0.2) is 0 Å². The maximum Gasteiger partial charge on any atom is 0.315 e. The fraction of sp³-hybridized carbons (Fsp3) is 0.938. The summed E-state index contributed by atoms with van der Waals surface area (Å²) in [5.74, 6) is 0.665. The van der Waals surface area contributed by atoms with Crippen LogP contribution in [0.25, 0.3) is 0 Å². The smallest absolute Gasteiger partial charge is 0.315 e. The van der Waals surface area contributed by atoms with Gasteiger partial charge >= 0.3 is 6.03 Å². The van der Waals surface area contributed by atoms with Crippen molar-refractivity contribution in [2.24, 2.45) is 5.92 Å². The Kier molecular flexibility index (Phi) is 7.30. The van der Waals surface area contributed by atoms with Crippen molar-refractivity contribution in [3.05, 3.63) is 0 Å². The molecule has 2 atom stereocenters. The number of hydrogen-bond acceptors (Lipinski definition) is 3. The van der Waals surface area contributed by atoms with Crippen molar-refractivity contribution < 1.29 is 9.53 Å². The summed E-state index contributed by atoms with van der Waals surface area (Å²) in [5.41, 5.74) is 0. The van der Waals surface area contributed by atoms with E-state index < -0.39 is 0 Å². The lowest BCUT2D eigenvalue weighted by atomic mass is 9.83. The van der Waals surface area contributed by atoms with Crippen molar-refractivity contribution in [1.29, 1.82) is 0 Å². The highest BCUT2D eigenvalue weighted by atomic mass is 16.5. The molecule has 2 fully saturated rings. The van der Waals surface area contributed by atoms with E-state index in [1.807, 2.05) is 0 Å². The van der Waals surface area contributed by atoms with Crippen LogP contribution in [0, 0.1) is 5.92 Å². The fourth-order valence-electron chi connectivity index (χ4n) is 3.44. The normalized spacial score (nSPS) is 27.3. The highest BCUT2D eigenvalue weighted by Gasteiger charge is 2.24. The molecule has 0 spiro atoms. The van der Waals surface area contributed by atoms with Crippen LogP contribution < -0.4 is 10.6 Å². The molecule has 2 N–H and O–H groups in total. The molecule has 2 rings (SSSR count). The molecule has 122 valence electrons. The molecule has 0 bridgehead atoms. The van der Waals surface area contributed by atoms with E-state index in [9.17, 15) is 4.79 Å². The molecule has 0 aromatic rings. The van der Waals surface area contributed by atoms with Gasteiger partial charge in [-0.2, -0.15) is 0 Å². The summed E-state index contributed by atoms with van der Waals surface area (Å²) < 4.78 is 5.33. The second-order valence-electron chi connectivity index (χ2n) is 6.27. The number of amides is 2. The summed E-state index contributed by atoms with van der Waals surface area (Å²) in [4.78, 5) is 14.4. The molecule has 1 heterocycles. The van der Waals surface area contributed by atoms with E-state index in [1.54, 1.807) is 0 Å². The third-order valence-electron chi connectivity index (χ3n) is 4.79. The van der Waals surface area contributed by atoms with E-state index in [1.165, 1.54) is 25.7 Å². The first kappa shape index (κ1) is 16.6. The van der Waals surface area contributed by atoms with E-state index >= 15 is 0 Å². The average Bonchev–Trinajstić information content (AvgIpc) is 2.53. The number of morpholine rings is 1. The van der Waals surface area contributed by atoms with Crippen molar-refractivity contribution >= 4 is 6.03 Å². The van der Waals surface area contributed by atoms with E-state index in [4.69, 9.17) is 4.74 Å². The average molecular weight is 297 g/mol. The lowest BCUT2D eigenvalue weighted by molar-refractivity contribution is 0.0375. The summed E-state index contributed by atoms with van der Waals surface area (Å²) in [6, 6.07) is 0.394. The van der Waals surface area contributed by atoms with E-state index in [0.717, 1.165) is 52.2 Å². The Bertz CT molecular complexity index is 306. The molecule has 1 aliphatic heterocycles. The fourth-order valence-corrected chi connectivity index (χ4v) is 3.44. The zero-order valence-electron chi connectivity index (χ0n) is 13.4. The lowest BCUT2D eigenvalue weighted by Gasteiger charge is -2.31. The quantitative estimate of drug-likeness (QED) is 0.737. The monoisotopic (exact) mass is 297 g/mol. The van der Waals surface area contributed by atoms with E-state index in [0.29, 0.717) is 12.0 Å². The van der Waals surface area contributed by atoms with Crippen LogP contribution in [0.5, 0.6) is 0 Å². The van der Waals surface area contributed by atoms with Crippen molar-refractivity contribution in [2.45, 2.75) is 51.5 Å². The Morgan fingerprint density at radius 2 is 2.00 bits per heavy atom. The number of carbonyl (C=O) groups is 1. The van der Waals surface area contributed by atoms with Gasteiger partial charge in [-0.25, -0.2) is 4.79 Å². The van der Waals surface area contributed by atoms with E-state index in [2.05, 4.69) is 22.5 Å². The summed E-state index contributed by atoms with van der Waals surface area (Å²) >= 11 is 0.